The Labute approximate surface area is 62.0 Å². The van der Waals surface area contributed by atoms with E-state index < -0.39 is 10.0 Å². The maximum absolute atomic E-state index is 10.2. The topological polar surface area (TPSA) is 57.9 Å². The van der Waals surface area contributed by atoms with E-state index in [0.29, 0.717) is 0 Å². The fraction of sp³-hybridized carbons (Fsp3) is 0.667. The molecule has 0 rings (SSSR count). The summed E-state index contributed by atoms with van der Waals surface area (Å²) in [5, 5.41) is 7.39. The number of allylic oxidation sites excluding steroid dienone is 1. The first-order chi connectivity index (χ1) is 4.56. The average Bonchev–Trinajstić information content (AvgIpc) is 1.78. The highest BCUT2D eigenvalue weighted by Crippen LogP contribution is 1.95. The van der Waals surface area contributed by atoms with Gasteiger partial charge in [0.05, 0.1) is 0 Å². The molecule has 59 valence electrons. The van der Waals surface area contributed by atoms with E-state index in [1.165, 1.54) is 6.08 Å². The smallest absolute Gasteiger partial charge is 0.206 e. The van der Waals surface area contributed by atoms with Crippen LogP contribution in [0.3, 0.4) is 0 Å². The molecular formula is C6H12NO2S. The van der Waals surface area contributed by atoms with E-state index in [0.717, 1.165) is 24.7 Å². The SMILES string of the molecule is CCCCC=CS([NH])(=O)=O. The van der Waals surface area contributed by atoms with Gasteiger partial charge in [-0.25, -0.2) is 8.42 Å². The van der Waals surface area contributed by atoms with Gasteiger partial charge in [-0.05, 0) is 6.42 Å². The molecule has 0 atom stereocenters. The molecule has 1 N–H and O–H groups in total. The second kappa shape index (κ2) is 4.46. The van der Waals surface area contributed by atoms with Crippen molar-refractivity contribution in [3.8, 4) is 0 Å². The third kappa shape index (κ3) is 7.65. The van der Waals surface area contributed by atoms with Crippen LogP contribution in [-0.2, 0) is 10.0 Å². The summed E-state index contributed by atoms with van der Waals surface area (Å²) in [5.41, 5.74) is 0. The lowest BCUT2D eigenvalue weighted by Gasteiger charge is -1.86. The van der Waals surface area contributed by atoms with Crippen LogP contribution in [0.2, 0.25) is 0 Å². The van der Waals surface area contributed by atoms with Crippen LogP contribution in [0.25, 0.3) is 0 Å². The Morgan fingerprint density at radius 3 is 2.50 bits per heavy atom. The molecule has 0 aromatic rings. The number of nitrogens with one attached hydrogen (secondary N) is 1. The predicted molar refractivity (Wildman–Crippen MR) is 40.7 cm³/mol. The van der Waals surface area contributed by atoms with E-state index in [4.69, 9.17) is 5.14 Å². The van der Waals surface area contributed by atoms with Gasteiger partial charge >= 0.3 is 0 Å². The molecule has 0 aromatic carbocycles. The molecule has 1 radical (unpaired) electrons. The third-order valence-corrected chi connectivity index (χ3v) is 1.55. The van der Waals surface area contributed by atoms with Crippen molar-refractivity contribution < 1.29 is 8.42 Å². The minimum absolute atomic E-state index is 0.745. The quantitative estimate of drug-likeness (QED) is 0.585. The number of unbranched alkanes of at least 4 members (excludes halogenated alkanes) is 2. The van der Waals surface area contributed by atoms with Crippen LogP contribution in [0, 0.1) is 0 Å². The van der Waals surface area contributed by atoms with Crippen LogP contribution in [0.15, 0.2) is 11.5 Å². The lowest BCUT2D eigenvalue weighted by Crippen LogP contribution is -1.92. The van der Waals surface area contributed by atoms with Gasteiger partial charge in [-0.1, -0.05) is 25.8 Å². The Morgan fingerprint density at radius 1 is 1.50 bits per heavy atom. The molecule has 0 saturated heterocycles. The molecule has 0 spiro atoms. The van der Waals surface area contributed by atoms with Gasteiger partial charge in [0.15, 0.2) is 0 Å². The molecule has 0 aliphatic heterocycles. The van der Waals surface area contributed by atoms with E-state index in [-0.39, 0.29) is 0 Å². The summed E-state index contributed by atoms with van der Waals surface area (Å²) in [4.78, 5) is 0. The lowest BCUT2D eigenvalue weighted by molar-refractivity contribution is 0.604. The predicted octanol–water partition coefficient (Wildman–Crippen LogP) is 1.30. The minimum Gasteiger partial charge on any atom is -0.206 e. The van der Waals surface area contributed by atoms with Crippen LogP contribution >= 0.6 is 0 Å². The highest BCUT2D eigenvalue weighted by Gasteiger charge is 1.92. The van der Waals surface area contributed by atoms with Gasteiger partial charge < -0.3 is 0 Å². The molecule has 0 fully saturated rings. The molecule has 0 unspecified atom stereocenters. The summed E-state index contributed by atoms with van der Waals surface area (Å²) < 4.78 is 20.3. The Balaban J connectivity index is 3.58. The molecule has 10 heavy (non-hydrogen) atoms. The normalized spacial score (nSPS) is 12.6. The van der Waals surface area contributed by atoms with Crippen molar-refractivity contribution in [3.63, 3.8) is 0 Å². The fourth-order valence-corrected chi connectivity index (χ4v) is 0.906. The Morgan fingerprint density at radius 2 is 2.10 bits per heavy atom. The van der Waals surface area contributed by atoms with E-state index in [2.05, 4.69) is 0 Å². The largest absolute Gasteiger partial charge is 0.246 e. The first-order valence-corrected chi connectivity index (χ1v) is 4.77. The zero-order valence-corrected chi connectivity index (χ0v) is 6.82. The molecule has 0 aliphatic carbocycles. The van der Waals surface area contributed by atoms with Gasteiger partial charge in [-0.2, -0.15) is 0 Å². The highest BCUT2D eigenvalue weighted by molar-refractivity contribution is 7.91. The van der Waals surface area contributed by atoms with Gasteiger partial charge in [-0.3, -0.25) is 0 Å². The average molecular weight is 162 g/mol. The van der Waals surface area contributed by atoms with Crippen LogP contribution in [0.1, 0.15) is 26.2 Å². The summed E-state index contributed by atoms with van der Waals surface area (Å²) in [6.45, 7) is 2.03. The van der Waals surface area contributed by atoms with Crippen molar-refractivity contribution in [1.82, 2.24) is 5.14 Å². The maximum atomic E-state index is 10.2. The summed E-state index contributed by atoms with van der Waals surface area (Å²) in [7, 11) is -3.64. The summed E-state index contributed by atoms with van der Waals surface area (Å²) in [6, 6.07) is 0. The van der Waals surface area contributed by atoms with Crippen LogP contribution in [-0.4, -0.2) is 8.42 Å². The molecular weight excluding hydrogens is 150 g/mol. The van der Waals surface area contributed by atoms with Crippen molar-refractivity contribution in [2.24, 2.45) is 0 Å². The zero-order chi connectivity index (χ0) is 8.04. The first-order valence-electron chi connectivity index (χ1n) is 3.22. The Bertz CT molecular complexity index is 194. The van der Waals surface area contributed by atoms with Gasteiger partial charge in [0.2, 0.25) is 10.0 Å². The fourth-order valence-electron chi connectivity index (χ4n) is 0.517. The van der Waals surface area contributed by atoms with Crippen molar-refractivity contribution in [1.29, 1.82) is 0 Å². The number of rotatable bonds is 4. The van der Waals surface area contributed by atoms with E-state index in [9.17, 15) is 8.42 Å². The minimum atomic E-state index is -3.64. The summed E-state index contributed by atoms with van der Waals surface area (Å²) in [6.07, 6.45) is 4.29. The Kier molecular flexibility index (Phi) is 4.31. The van der Waals surface area contributed by atoms with E-state index in [1.807, 2.05) is 6.92 Å². The van der Waals surface area contributed by atoms with E-state index >= 15 is 0 Å². The van der Waals surface area contributed by atoms with E-state index in [1.54, 1.807) is 0 Å². The van der Waals surface area contributed by atoms with Gasteiger partial charge in [0.1, 0.15) is 0 Å². The highest BCUT2D eigenvalue weighted by atomic mass is 32.2. The standard InChI is InChI=1S/C6H12NO2S/c1-2-3-4-5-6-10(7,8)9/h5-7H,2-4H2,1H3. The maximum Gasteiger partial charge on any atom is 0.246 e. The van der Waals surface area contributed by atoms with Gasteiger partial charge in [0, 0.05) is 5.41 Å². The zero-order valence-electron chi connectivity index (χ0n) is 6.00. The second-order valence-electron chi connectivity index (χ2n) is 2.06. The molecule has 4 heteroatoms. The first kappa shape index (κ1) is 9.65. The molecule has 0 aliphatic rings. The number of hydrogen-bond acceptors (Lipinski definition) is 2. The van der Waals surface area contributed by atoms with Crippen molar-refractivity contribution >= 4 is 10.0 Å². The third-order valence-electron chi connectivity index (χ3n) is 1.000. The van der Waals surface area contributed by atoms with Crippen LogP contribution in [0.5, 0.6) is 0 Å². The van der Waals surface area contributed by atoms with Gasteiger partial charge in [-0.15, -0.1) is 5.14 Å². The summed E-state index contributed by atoms with van der Waals surface area (Å²) >= 11 is 0. The van der Waals surface area contributed by atoms with Crippen LogP contribution < -0.4 is 5.14 Å². The Hall–Kier alpha value is -0.350. The molecule has 0 aromatic heterocycles. The molecule has 0 heterocycles. The van der Waals surface area contributed by atoms with Gasteiger partial charge in [0.25, 0.3) is 0 Å². The number of sulfonamides is 1. The molecule has 0 amide bonds. The summed E-state index contributed by atoms with van der Waals surface area (Å²) in [5.74, 6) is 0. The number of hydrogen-bond donors (Lipinski definition) is 0. The van der Waals surface area contributed by atoms with Crippen LogP contribution in [0.4, 0.5) is 0 Å². The van der Waals surface area contributed by atoms with Crippen molar-refractivity contribution in [3.05, 3.63) is 11.5 Å². The second-order valence-corrected chi connectivity index (χ2v) is 3.42. The monoisotopic (exact) mass is 162 g/mol. The molecule has 0 saturated carbocycles. The molecule has 0 bridgehead atoms. The van der Waals surface area contributed by atoms with Crippen molar-refractivity contribution in [2.45, 2.75) is 26.2 Å². The molecule has 3 nitrogen and oxygen atoms in total. The lowest BCUT2D eigenvalue weighted by atomic mass is 10.2. The van der Waals surface area contributed by atoms with Crippen molar-refractivity contribution in [2.75, 3.05) is 0 Å².